The van der Waals surface area contributed by atoms with Crippen molar-refractivity contribution in [3.8, 4) is 0 Å². The van der Waals surface area contributed by atoms with Crippen LogP contribution in [0.4, 0.5) is 0 Å². The van der Waals surface area contributed by atoms with E-state index in [4.69, 9.17) is 0 Å². The molecule has 0 aliphatic heterocycles. The number of hydrogen-bond donors (Lipinski definition) is 2. The number of pyridine rings is 1. The van der Waals surface area contributed by atoms with E-state index in [2.05, 4.69) is 10.3 Å². The Kier molecular flexibility index (Phi) is 5.77. The lowest BCUT2D eigenvalue weighted by Gasteiger charge is -2.17. The molecule has 0 radical (unpaired) electrons. The van der Waals surface area contributed by atoms with Gasteiger partial charge in [-0.2, -0.15) is 0 Å². The van der Waals surface area contributed by atoms with Gasteiger partial charge in [0, 0.05) is 23.7 Å². The fourth-order valence-corrected chi connectivity index (χ4v) is 2.92. The number of carbonyl (C=O) groups is 1. The van der Waals surface area contributed by atoms with Crippen molar-refractivity contribution in [1.82, 2.24) is 10.3 Å². The molecule has 2 atom stereocenters. The van der Waals surface area contributed by atoms with Crippen LogP contribution in [0, 0.1) is 0 Å². The predicted octanol–water partition coefficient (Wildman–Crippen LogP) is 3.88. The molecule has 132 valence electrons. The Morgan fingerprint density at radius 2 is 1.85 bits per heavy atom. The van der Waals surface area contributed by atoms with Crippen molar-refractivity contribution in [2.45, 2.75) is 25.5 Å². The van der Waals surface area contributed by atoms with Crippen LogP contribution in [-0.2, 0) is 4.79 Å². The monoisotopic (exact) mass is 346 g/mol. The summed E-state index contributed by atoms with van der Waals surface area (Å²) < 4.78 is 0. The van der Waals surface area contributed by atoms with E-state index in [-0.39, 0.29) is 11.9 Å². The van der Waals surface area contributed by atoms with E-state index in [0.29, 0.717) is 6.42 Å². The number of fused-ring (bicyclic) bond motifs is 1. The summed E-state index contributed by atoms with van der Waals surface area (Å²) in [5.41, 5.74) is 2.70. The average Bonchev–Trinajstić information content (AvgIpc) is 2.67. The fourth-order valence-electron chi connectivity index (χ4n) is 2.92. The Morgan fingerprint density at radius 3 is 2.65 bits per heavy atom. The zero-order valence-electron chi connectivity index (χ0n) is 14.7. The molecule has 3 rings (SSSR count). The lowest BCUT2D eigenvalue weighted by Crippen LogP contribution is -2.32. The number of nitrogens with zero attached hydrogens (tertiary/aromatic N) is 1. The predicted molar refractivity (Wildman–Crippen MR) is 104 cm³/mol. The van der Waals surface area contributed by atoms with Gasteiger partial charge in [-0.3, -0.25) is 9.78 Å². The highest BCUT2D eigenvalue weighted by Gasteiger charge is 2.13. The SMILES string of the molecule is CC(CC(O)c1ccccc1)NC(=O)/C=C/c1ccnc2ccccc12. The van der Waals surface area contributed by atoms with E-state index >= 15 is 0 Å². The quantitative estimate of drug-likeness (QED) is 0.666. The van der Waals surface area contributed by atoms with Gasteiger partial charge in [-0.1, -0.05) is 48.5 Å². The topological polar surface area (TPSA) is 62.2 Å². The molecule has 0 aliphatic carbocycles. The maximum absolute atomic E-state index is 12.2. The largest absolute Gasteiger partial charge is 0.388 e. The molecule has 1 heterocycles. The molecule has 3 aromatic rings. The summed E-state index contributed by atoms with van der Waals surface area (Å²) in [6.45, 7) is 1.89. The number of rotatable bonds is 6. The van der Waals surface area contributed by atoms with Crippen molar-refractivity contribution in [3.05, 3.63) is 84.1 Å². The summed E-state index contributed by atoms with van der Waals surface area (Å²) in [4.78, 5) is 16.5. The summed E-state index contributed by atoms with van der Waals surface area (Å²) in [6, 6.07) is 19.0. The smallest absolute Gasteiger partial charge is 0.244 e. The van der Waals surface area contributed by atoms with E-state index in [1.807, 2.05) is 67.6 Å². The number of aliphatic hydroxyl groups is 1. The third-order valence-corrected chi connectivity index (χ3v) is 4.25. The lowest BCUT2D eigenvalue weighted by atomic mass is 10.0. The molecule has 0 saturated heterocycles. The molecule has 0 bridgehead atoms. The first-order valence-corrected chi connectivity index (χ1v) is 8.69. The van der Waals surface area contributed by atoms with Crippen molar-refractivity contribution < 1.29 is 9.90 Å². The lowest BCUT2D eigenvalue weighted by molar-refractivity contribution is -0.117. The maximum Gasteiger partial charge on any atom is 0.244 e. The standard InChI is InChI=1S/C22H22N2O2/c1-16(15-21(25)18-7-3-2-4-8-18)24-22(26)12-11-17-13-14-23-20-10-6-5-9-19(17)20/h2-14,16,21,25H,15H2,1H3,(H,24,26)/b12-11+. The number of aliphatic hydroxyl groups excluding tert-OH is 1. The average molecular weight is 346 g/mol. The molecule has 2 N–H and O–H groups in total. The molecular formula is C22H22N2O2. The first kappa shape index (κ1) is 17.8. The molecule has 0 spiro atoms. The summed E-state index contributed by atoms with van der Waals surface area (Å²) in [5, 5.41) is 14.2. The summed E-state index contributed by atoms with van der Waals surface area (Å²) in [5.74, 6) is -0.182. The summed E-state index contributed by atoms with van der Waals surface area (Å²) >= 11 is 0. The third-order valence-electron chi connectivity index (χ3n) is 4.25. The number of benzene rings is 2. The van der Waals surface area contributed by atoms with Crippen LogP contribution in [0.25, 0.3) is 17.0 Å². The van der Waals surface area contributed by atoms with Crippen LogP contribution in [-0.4, -0.2) is 22.0 Å². The molecule has 4 heteroatoms. The molecule has 0 aliphatic rings. The van der Waals surface area contributed by atoms with Gasteiger partial charge in [0.25, 0.3) is 0 Å². The van der Waals surface area contributed by atoms with Gasteiger partial charge in [0.1, 0.15) is 0 Å². The van der Waals surface area contributed by atoms with Crippen molar-refractivity contribution in [2.24, 2.45) is 0 Å². The van der Waals surface area contributed by atoms with Gasteiger partial charge in [0.2, 0.25) is 5.91 Å². The van der Waals surface area contributed by atoms with Gasteiger partial charge in [0.15, 0.2) is 0 Å². The fraction of sp³-hybridized carbons (Fsp3) is 0.182. The first-order chi connectivity index (χ1) is 12.6. The number of para-hydroxylation sites is 1. The highest BCUT2D eigenvalue weighted by Crippen LogP contribution is 2.18. The van der Waals surface area contributed by atoms with Gasteiger partial charge >= 0.3 is 0 Å². The Balaban J connectivity index is 1.60. The van der Waals surface area contributed by atoms with E-state index in [1.165, 1.54) is 6.08 Å². The zero-order chi connectivity index (χ0) is 18.4. The van der Waals surface area contributed by atoms with Gasteiger partial charge < -0.3 is 10.4 Å². The summed E-state index contributed by atoms with van der Waals surface area (Å²) in [6.07, 6.45) is 4.91. The number of aromatic nitrogens is 1. The van der Waals surface area contributed by atoms with Gasteiger partial charge in [0.05, 0.1) is 11.6 Å². The van der Waals surface area contributed by atoms with Gasteiger partial charge in [-0.15, -0.1) is 0 Å². The van der Waals surface area contributed by atoms with Crippen molar-refractivity contribution >= 4 is 22.9 Å². The van der Waals surface area contributed by atoms with E-state index in [1.54, 1.807) is 12.3 Å². The van der Waals surface area contributed by atoms with Crippen molar-refractivity contribution in [2.75, 3.05) is 0 Å². The highest BCUT2D eigenvalue weighted by molar-refractivity contribution is 5.95. The van der Waals surface area contributed by atoms with E-state index < -0.39 is 6.10 Å². The van der Waals surface area contributed by atoms with Crippen LogP contribution in [0.15, 0.2) is 72.9 Å². The maximum atomic E-state index is 12.2. The normalized spacial score (nSPS) is 13.6. The second-order valence-corrected chi connectivity index (χ2v) is 6.32. The molecule has 0 fully saturated rings. The van der Waals surface area contributed by atoms with Crippen LogP contribution in [0.3, 0.4) is 0 Å². The van der Waals surface area contributed by atoms with Gasteiger partial charge in [-0.25, -0.2) is 0 Å². The Bertz CT molecular complexity index is 901. The zero-order valence-corrected chi connectivity index (χ0v) is 14.7. The van der Waals surface area contributed by atoms with Gasteiger partial charge in [-0.05, 0) is 42.7 Å². The van der Waals surface area contributed by atoms with Crippen LogP contribution in [0.5, 0.6) is 0 Å². The number of carbonyl (C=O) groups excluding carboxylic acids is 1. The second kappa shape index (κ2) is 8.41. The molecule has 26 heavy (non-hydrogen) atoms. The highest BCUT2D eigenvalue weighted by atomic mass is 16.3. The van der Waals surface area contributed by atoms with Crippen LogP contribution in [0.1, 0.15) is 30.6 Å². The Morgan fingerprint density at radius 1 is 1.12 bits per heavy atom. The molecular weight excluding hydrogens is 324 g/mol. The van der Waals surface area contributed by atoms with Crippen LogP contribution >= 0.6 is 0 Å². The second-order valence-electron chi connectivity index (χ2n) is 6.32. The van der Waals surface area contributed by atoms with Crippen LogP contribution < -0.4 is 5.32 Å². The minimum absolute atomic E-state index is 0.142. The Hall–Kier alpha value is -2.98. The Labute approximate surface area is 153 Å². The molecule has 1 aromatic heterocycles. The summed E-state index contributed by atoms with van der Waals surface area (Å²) in [7, 11) is 0. The molecule has 2 aromatic carbocycles. The van der Waals surface area contributed by atoms with Crippen molar-refractivity contribution in [1.29, 1.82) is 0 Å². The van der Waals surface area contributed by atoms with Crippen LogP contribution in [0.2, 0.25) is 0 Å². The first-order valence-electron chi connectivity index (χ1n) is 8.69. The molecule has 2 unspecified atom stereocenters. The number of hydrogen-bond acceptors (Lipinski definition) is 3. The third kappa shape index (κ3) is 4.55. The minimum Gasteiger partial charge on any atom is -0.388 e. The number of nitrogens with one attached hydrogen (secondary N) is 1. The van der Waals surface area contributed by atoms with Crippen molar-refractivity contribution in [3.63, 3.8) is 0 Å². The number of amides is 1. The molecule has 4 nitrogen and oxygen atoms in total. The molecule has 0 saturated carbocycles. The van der Waals surface area contributed by atoms with E-state index in [0.717, 1.165) is 22.0 Å². The minimum atomic E-state index is -0.598. The molecule has 1 amide bonds. The van der Waals surface area contributed by atoms with E-state index in [9.17, 15) is 9.90 Å².